The summed E-state index contributed by atoms with van der Waals surface area (Å²) >= 11 is 0. The Hall–Kier alpha value is -3.85. The van der Waals surface area contributed by atoms with Crippen molar-refractivity contribution in [3.63, 3.8) is 0 Å². The third-order valence-electron chi connectivity index (χ3n) is 6.39. The van der Waals surface area contributed by atoms with Crippen LogP contribution in [-0.4, -0.2) is 57.9 Å². The summed E-state index contributed by atoms with van der Waals surface area (Å²) in [5.41, 5.74) is 1.34. The molecule has 0 radical (unpaired) electrons. The quantitative estimate of drug-likeness (QED) is 0.323. The third-order valence-corrected chi connectivity index (χ3v) is 8.18. The molecule has 3 rings (SSSR count). The lowest BCUT2D eigenvalue weighted by Crippen LogP contribution is -2.53. The summed E-state index contributed by atoms with van der Waals surface area (Å²) in [6, 6.07) is 23.5. The minimum atomic E-state index is -4.09. The molecule has 0 aliphatic heterocycles. The molecule has 0 unspecified atom stereocenters. The van der Waals surface area contributed by atoms with Crippen LogP contribution in [0.25, 0.3) is 0 Å². The first kappa shape index (κ1) is 29.7. The van der Waals surface area contributed by atoms with Gasteiger partial charge in [0.15, 0.2) is 0 Å². The van der Waals surface area contributed by atoms with Crippen molar-refractivity contribution >= 4 is 27.5 Å². The molecule has 0 aliphatic rings. The molecular formula is C30H37N3O5S. The minimum absolute atomic E-state index is 0.0668. The first-order valence-corrected chi connectivity index (χ1v) is 14.6. The minimum Gasteiger partial charge on any atom is -0.497 e. The van der Waals surface area contributed by atoms with E-state index in [0.29, 0.717) is 30.8 Å². The molecular weight excluding hydrogens is 514 g/mol. The van der Waals surface area contributed by atoms with Gasteiger partial charge in [-0.2, -0.15) is 0 Å². The van der Waals surface area contributed by atoms with Gasteiger partial charge < -0.3 is 15.0 Å². The molecule has 9 heteroatoms. The van der Waals surface area contributed by atoms with Gasteiger partial charge in [0, 0.05) is 13.1 Å². The van der Waals surface area contributed by atoms with E-state index >= 15 is 0 Å². The Labute approximate surface area is 231 Å². The summed E-state index contributed by atoms with van der Waals surface area (Å²) in [5, 5.41) is 2.89. The number of nitrogens with zero attached hydrogens (tertiary/aromatic N) is 2. The van der Waals surface area contributed by atoms with E-state index in [-0.39, 0.29) is 17.3 Å². The SMILES string of the molecule is CCCNC(=O)[C@@H](CC)N(CCc1ccccc1)C(=O)CN(c1ccc(OC)cc1)S(=O)(=O)c1ccccc1. The second-order valence-corrected chi connectivity index (χ2v) is 10.9. The van der Waals surface area contributed by atoms with Gasteiger partial charge in [-0.15, -0.1) is 0 Å². The Morgan fingerprint density at radius 2 is 1.51 bits per heavy atom. The average molecular weight is 552 g/mol. The van der Waals surface area contributed by atoms with Gasteiger partial charge in [-0.25, -0.2) is 8.42 Å². The third kappa shape index (κ3) is 7.83. The number of rotatable bonds is 14. The van der Waals surface area contributed by atoms with Crippen LogP contribution in [0.15, 0.2) is 89.8 Å². The molecule has 0 saturated heterocycles. The van der Waals surface area contributed by atoms with E-state index in [4.69, 9.17) is 4.74 Å². The summed E-state index contributed by atoms with van der Waals surface area (Å²) < 4.78 is 33.9. The van der Waals surface area contributed by atoms with E-state index in [9.17, 15) is 18.0 Å². The van der Waals surface area contributed by atoms with Gasteiger partial charge >= 0.3 is 0 Å². The summed E-state index contributed by atoms with van der Waals surface area (Å²) in [5.74, 6) is -0.146. The average Bonchev–Trinajstić information content (AvgIpc) is 2.97. The second-order valence-electron chi connectivity index (χ2n) is 9.06. The van der Waals surface area contributed by atoms with Gasteiger partial charge in [0.1, 0.15) is 18.3 Å². The van der Waals surface area contributed by atoms with E-state index in [2.05, 4.69) is 5.32 Å². The zero-order chi connectivity index (χ0) is 28.3. The Kier molecular flexibility index (Phi) is 10.9. The van der Waals surface area contributed by atoms with Gasteiger partial charge in [0.2, 0.25) is 11.8 Å². The Bertz CT molecular complexity index is 1300. The molecule has 1 atom stereocenters. The van der Waals surface area contributed by atoms with Crippen molar-refractivity contribution in [1.82, 2.24) is 10.2 Å². The highest BCUT2D eigenvalue weighted by Gasteiger charge is 2.33. The molecule has 208 valence electrons. The molecule has 0 spiro atoms. The van der Waals surface area contributed by atoms with Crippen LogP contribution in [0.1, 0.15) is 32.3 Å². The van der Waals surface area contributed by atoms with Gasteiger partial charge in [-0.05, 0) is 61.2 Å². The number of carbonyl (C=O) groups is 2. The maximum atomic E-state index is 13.9. The number of benzene rings is 3. The van der Waals surface area contributed by atoms with Crippen LogP contribution in [0.2, 0.25) is 0 Å². The molecule has 0 aliphatic carbocycles. The first-order chi connectivity index (χ1) is 18.8. The van der Waals surface area contributed by atoms with Crippen molar-refractivity contribution in [3.8, 4) is 5.75 Å². The summed E-state index contributed by atoms with van der Waals surface area (Å²) in [7, 11) is -2.57. The maximum Gasteiger partial charge on any atom is 0.264 e. The van der Waals surface area contributed by atoms with Crippen LogP contribution < -0.4 is 14.4 Å². The molecule has 0 bridgehead atoms. The molecule has 3 aromatic carbocycles. The number of hydrogen-bond donors (Lipinski definition) is 1. The fraction of sp³-hybridized carbons (Fsp3) is 0.333. The lowest BCUT2D eigenvalue weighted by molar-refractivity contribution is -0.139. The molecule has 0 saturated carbocycles. The van der Waals surface area contributed by atoms with Crippen LogP contribution in [-0.2, 0) is 26.0 Å². The van der Waals surface area contributed by atoms with Gasteiger partial charge in [-0.1, -0.05) is 62.4 Å². The topological polar surface area (TPSA) is 96.0 Å². The number of nitrogens with one attached hydrogen (secondary N) is 1. The van der Waals surface area contributed by atoms with E-state index in [0.717, 1.165) is 16.3 Å². The van der Waals surface area contributed by atoms with Crippen LogP contribution in [0.5, 0.6) is 5.75 Å². The van der Waals surface area contributed by atoms with E-state index < -0.39 is 28.5 Å². The summed E-state index contributed by atoms with van der Waals surface area (Å²) in [6.45, 7) is 4.11. The Morgan fingerprint density at radius 3 is 2.08 bits per heavy atom. The van der Waals surface area contributed by atoms with Crippen molar-refractivity contribution in [2.24, 2.45) is 0 Å². The van der Waals surface area contributed by atoms with Crippen molar-refractivity contribution in [2.75, 3.05) is 31.0 Å². The van der Waals surface area contributed by atoms with E-state index in [1.807, 2.05) is 44.2 Å². The van der Waals surface area contributed by atoms with Crippen molar-refractivity contribution in [1.29, 1.82) is 0 Å². The molecule has 8 nitrogen and oxygen atoms in total. The van der Waals surface area contributed by atoms with Crippen LogP contribution in [0, 0.1) is 0 Å². The Balaban J connectivity index is 1.98. The fourth-order valence-corrected chi connectivity index (χ4v) is 5.69. The number of hydrogen-bond acceptors (Lipinski definition) is 5. The lowest BCUT2D eigenvalue weighted by Gasteiger charge is -2.33. The number of sulfonamides is 1. The van der Waals surface area contributed by atoms with E-state index in [1.54, 1.807) is 42.5 Å². The highest BCUT2D eigenvalue weighted by atomic mass is 32.2. The molecule has 39 heavy (non-hydrogen) atoms. The van der Waals surface area contributed by atoms with Crippen molar-refractivity contribution in [3.05, 3.63) is 90.5 Å². The highest BCUT2D eigenvalue weighted by molar-refractivity contribution is 7.92. The zero-order valence-electron chi connectivity index (χ0n) is 22.7. The Morgan fingerprint density at radius 1 is 0.897 bits per heavy atom. The number of amides is 2. The molecule has 0 fully saturated rings. The normalized spacial score (nSPS) is 11.9. The lowest BCUT2D eigenvalue weighted by atomic mass is 10.1. The first-order valence-electron chi connectivity index (χ1n) is 13.1. The van der Waals surface area contributed by atoms with Crippen LogP contribution in [0.3, 0.4) is 0 Å². The van der Waals surface area contributed by atoms with Gasteiger partial charge in [-0.3, -0.25) is 13.9 Å². The smallest absolute Gasteiger partial charge is 0.264 e. The number of ether oxygens (including phenoxy) is 1. The predicted octanol–water partition coefficient (Wildman–Crippen LogP) is 4.27. The highest BCUT2D eigenvalue weighted by Crippen LogP contribution is 2.26. The molecule has 0 aromatic heterocycles. The summed E-state index contributed by atoms with van der Waals surface area (Å²) in [4.78, 5) is 28.6. The zero-order valence-corrected chi connectivity index (χ0v) is 23.6. The van der Waals surface area contributed by atoms with Crippen LogP contribution >= 0.6 is 0 Å². The standard InChI is InChI=1S/C30H37N3O5S/c1-4-21-31-30(35)28(5-2)32(22-20-24-12-8-6-9-13-24)29(34)23-33(25-16-18-26(38-3)19-17-25)39(36,37)27-14-10-7-11-15-27/h6-19,28H,4-5,20-23H2,1-3H3,(H,31,35)/t28-/m1/s1. The van der Waals surface area contributed by atoms with Crippen LogP contribution in [0.4, 0.5) is 5.69 Å². The monoisotopic (exact) mass is 551 g/mol. The summed E-state index contributed by atoms with van der Waals surface area (Å²) in [6.07, 6.45) is 1.68. The van der Waals surface area contributed by atoms with Gasteiger partial charge in [0.05, 0.1) is 17.7 Å². The molecule has 0 heterocycles. The fourth-order valence-electron chi connectivity index (χ4n) is 4.26. The molecule has 1 N–H and O–H groups in total. The second kappa shape index (κ2) is 14.3. The number of carbonyl (C=O) groups excluding carboxylic acids is 2. The van der Waals surface area contributed by atoms with Crippen molar-refractivity contribution in [2.45, 2.75) is 44.0 Å². The number of methoxy groups -OCH3 is 1. The van der Waals surface area contributed by atoms with Crippen molar-refractivity contribution < 1.29 is 22.7 Å². The molecule has 2 amide bonds. The number of anilines is 1. The van der Waals surface area contributed by atoms with E-state index in [1.165, 1.54) is 24.1 Å². The molecule has 3 aromatic rings. The van der Waals surface area contributed by atoms with Gasteiger partial charge in [0.25, 0.3) is 10.0 Å². The largest absolute Gasteiger partial charge is 0.497 e. The predicted molar refractivity (Wildman–Crippen MR) is 153 cm³/mol. The maximum absolute atomic E-state index is 13.9.